The molecule has 7 heteroatoms. The lowest BCUT2D eigenvalue weighted by molar-refractivity contribution is -0.146. The first-order valence-electron chi connectivity index (χ1n) is 5.22. The zero-order chi connectivity index (χ0) is 14.5. The highest BCUT2D eigenvalue weighted by atomic mass is 79.9. The van der Waals surface area contributed by atoms with Crippen molar-refractivity contribution in [3.63, 3.8) is 0 Å². The summed E-state index contributed by atoms with van der Waals surface area (Å²) >= 11 is 3.10. The van der Waals surface area contributed by atoms with E-state index < -0.39 is 22.0 Å². The highest BCUT2D eigenvalue weighted by molar-refractivity contribution is 9.11. The number of carbonyl (C=O) groups is 1. The van der Waals surface area contributed by atoms with Crippen LogP contribution in [0.25, 0.3) is 0 Å². The van der Waals surface area contributed by atoms with Gasteiger partial charge in [-0.3, -0.25) is 4.79 Å². The van der Waals surface area contributed by atoms with Crippen molar-refractivity contribution in [3.05, 3.63) is 23.0 Å². The van der Waals surface area contributed by atoms with Crippen molar-refractivity contribution in [2.24, 2.45) is 5.92 Å². The third-order valence-corrected chi connectivity index (χ3v) is 3.93. The lowest BCUT2D eigenvalue weighted by Gasteiger charge is -2.30. The lowest BCUT2D eigenvalue weighted by Crippen LogP contribution is -2.48. The molecule has 104 valence electrons. The monoisotopic (exact) mass is 339 g/mol. The van der Waals surface area contributed by atoms with Crippen LogP contribution >= 0.6 is 15.9 Å². The summed E-state index contributed by atoms with van der Waals surface area (Å²) < 4.78 is 30.0. The molecular weight excluding hydrogens is 322 g/mol. The predicted octanol–water partition coefficient (Wildman–Crippen LogP) is 1.87. The highest BCUT2D eigenvalue weighted by Crippen LogP contribution is 2.20. The molecule has 0 aliphatic rings. The average Bonchev–Trinajstić information content (AvgIpc) is 2.26. The van der Waals surface area contributed by atoms with Crippen molar-refractivity contribution in [1.29, 1.82) is 0 Å². The molecule has 0 saturated heterocycles. The minimum atomic E-state index is -3.75. The maximum atomic E-state index is 11.9. The van der Waals surface area contributed by atoms with Crippen LogP contribution in [-0.4, -0.2) is 38.4 Å². The van der Waals surface area contributed by atoms with E-state index in [4.69, 9.17) is 0 Å². The van der Waals surface area contributed by atoms with E-state index in [1.165, 1.54) is 7.11 Å². The van der Waals surface area contributed by atoms with Gasteiger partial charge in [-0.15, -0.1) is 0 Å². The maximum absolute atomic E-state index is 11.9. The molecule has 0 fully saturated rings. The molecule has 0 heterocycles. The van der Waals surface area contributed by atoms with Gasteiger partial charge in [-0.2, -0.15) is 4.31 Å². The Labute approximate surface area is 117 Å². The van der Waals surface area contributed by atoms with E-state index in [-0.39, 0.29) is 12.5 Å². The van der Waals surface area contributed by atoms with Crippen LogP contribution in [0.4, 0.5) is 0 Å². The number of hydrogen-bond acceptors (Lipinski definition) is 4. The van der Waals surface area contributed by atoms with Crippen LogP contribution in [0, 0.1) is 5.92 Å². The fourth-order valence-corrected chi connectivity index (χ4v) is 3.06. The standard InChI is InChI=1S/C11H18BrNO4S/c1-6-18(15,16)13(7-9(4)12)10(8(2)3)11(14)17-5/h6,8,10H,1,4,7H2,2-3,5H3/t10-/m0/s1. The molecule has 18 heavy (non-hydrogen) atoms. The van der Waals surface area contributed by atoms with Crippen LogP contribution < -0.4 is 0 Å². The van der Waals surface area contributed by atoms with E-state index in [0.29, 0.717) is 4.48 Å². The summed E-state index contributed by atoms with van der Waals surface area (Å²) in [6.07, 6.45) is 0. The first-order chi connectivity index (χ1) is 8.17. The Morgan fingerprint density at radius 1 is 1.50 bits per heavy atom. The van der Waals surface area contributed by atoms with Crippen LogP contribution in [0.2, 0.25) is 0 Å². The van der Waals surface area contributed by atoms with E-state index in [0.717, 1.165) is 9.71 Å². The Morgan fingerprint density at radius 2 is 2.00 bits per heavy atom. The topological polar surface area (TPSA) is 63.7 Å². The Balaban J connectivity index is 5.58. The van der Waals surface area contributed by atoms with Gasteiger partial charge in [0.1, 0.15) is 6.04 Å². The first kappa shape index (κ1) is 17.3. The molecule has 0 radical (unpaired) electrons. The number of ether oxygens (including phenoxy) is 1. The number of esters is 1. The Kier molecular flexibility index (Phi) is 6.80. The average molecular weight is 340 g/mol. The molecule has 0 N–H and O–H groups in total. The second-order valence-corrected chi connectivity index (χ2v) is 6.94. The molecule has 0 rings (SSSR count). The molecule has 0 saturated carbocycles. The summed E-state index contributed by atoms with van der Waals surface area (Å²) in [5.41, 5.74) is 0. The van der Waals surface area contributed by atoms with E-state index in [9.17, 15) is 13.2 Å². The summed E-state index contributed by atoms with van der Waals surface area (Å²) in [5, 5.41) is 0.807. The van der Waals surface area contributed by atoms with Gasteiger partial charge in [0.05, 0.1) is 7.11 Å². The normalized spacial score (nSPS) is 13.4. The molecule has 0 spiro atoms. The number of hydrogen-bond donors (Lipinski definition) is 0. The van der Waals surface area contributed by atoms with E-state index in [1.807, 2.05) is 0 Å². The Hall–Kier alpha value is -0.660. The van der Waals surface area contributed by atoms with Crippen LogP contribution in [0.5, 0.6) is 0 Å². The second-order valence-electron chi connectivity index (χ2n) is 3.99. The highest BCUT2D eigenvalue weighted by Gasteiger charge is 2.36. The van der Waals surface area contributed by atoms with Gasteiger partial charge < -0.3 is 4.74 Å². The molecular formula is C11H18BrNO4S. The molecule has 0 aromatic carbocycles. The van der Waals surface area contributed by atoms with Crippen LogP contribution in [0.3, 0.4) is 0 Å². The largest absolute Gasteiger partial charge is 0.468 e. The van der Waals surface area contributed by atoms with E-state index in [1.54, 1.807) is 13.8 Å². The van der Waals surface area contributed by atoms with Crippen molar-refractivity contribution in [3.8, 4) is 0 Å². The van der Waals surface area contributed by atoms with Crippen molar-refractivity contribution < 1.29 is 17.9 Å². The van der Waals surface area contributed by atoms with Gasteiger partial charge in [0.15, 0.2) is 0 Å². The van der Waals surface area contributed by atoms with Crippen molar-refractivity contribution >= 4 is 31.9 Å². The van der Waals surface area contributed by atoms with Crippen LogP contribution in [-0.2, 0) is 19.6 Å². The van der Waals surface area contributed by atoms with Gasteiger partial charge >= 0.3 is 5.97 Å². The molecule has 0 aromatic heterocycles. The van der Waals surface area contributed by atoms with Crippen LogP contribution in [0.1, 0.15) is 13.8 Å². The number of methoxy groups -OCH3 is 1. The predicted molar refractivity (Wildman–Crippen MR) is 74.5 cm³/mol. The molecule has 0 aliphatic carbocycles. The molecule has 0 aromatic rings. The van der Waals surface area contributed by atoms with E-state index >= 15 is 0 Å². The fourth-order valence-electron chi connectivity index (χ4n) is 1.45. The van der Waals surface area contributed by atoms with Crippen molar-refractivity contribution in [2.45, 2.75) is 19.9 Å². The van der Waals surface area contributed by atoms with Gasteiger partial charge in [-0.25, -0.2) is 8.42 Å². The Morgan fingerprint density at radius 3 is 2.28 bits per heavy atom. The Bertz CT molecular complexity index is 430. The van der Waals surface area contributed by atoms with Gasteiger partial charge in [0.2, 0.25) is 10.0 Å². The number of nitrogens with zero attached hydrogens (tertiary/aromatic N) is 1. The lowest BCUT2D eigenvalue weighted by atomic mass is 10.0. The SMILES string of the molecule is C=CS(=O)(=O)N(CC(=C)Br)[C@H](C(=O)OC)C(C)C. The van der Waals surface area contributed by atoms with Gasteiger partial charge in [-0.05, 0) is 5.92 Å². The fraction of sp³-hybridized carbons (Fsp3) is 0.545. The third kappa shape index (κ3) is 4.55. The summed E-state index contributed by atoms with van der Waals surface area (Å²) in [6.45, 7) is 10.3. The second kappa shape index (κ2) is 7.06. The van der Waals surface area contributed by atoms with Crippen molar-refractivity contribution in [2.75, 3.05) is 13.7 Å². The van der Waals surface area contributed by atoms with Gasteiger partial charge in [-0.1, -0.05) is 42.9 Å². The minimum Gasteiger partial charge on any atom is -0.468 e. The molecule has 0 bridgehead atoms. The molecule has 0 aliphatic heterocycles. The first-order valence-corrected chi connectivity index (χ1v) is 7.52. The molecule has 1 atom stereocenters. The number of sulfonamides is 1. The van der Waals surface area contributed by atoms with Crippen LogP contribution in [0.15, 0.2) is 23.0 Å². The van der Waals surface area contributed by atoms with Crippen molar-refractivity contribution in [1.82, 2.24) is 4.31 Å². The quantitative estimate of drug-likeness (QED) is 0.664. The molecule has 5 nitrogen and oxygen atoms in total. The summed E-state index contributed by atoms with van der Waals surface area (Å²) in [5.74, 6) is -0.844. The molecule has 0 unspecified atom stereocenters. The smallest absolute Gasteiger partial charge is 0.324 e. The number of carbonyl (C=O) groups excluding carboxylic acids is 1. The zero-order valence-corrected chi connectivity index (χ0v) is 13.1. The number of rotatable bonds is 7. The summed E-state index contributed by atoms with van der Waals surface area (Å²) in [7, 11) is -2.53. The molecule has 0 amide bonds. The van der Waals surface area contributed by atoms with Gasteiger partial charge in [0.25, 0.3) is 0 Å². The number of halogens is 1. The summed E-state index contributed by atoms with van der Waals surface area (Å²) in [6, 6.07) is -0.910. The third-order valence-electron chi connectivity index (χ3n) is 2.25. The zero-order valence-electron chi connectivity index (χ0n) is 10.7. The van der Waals surface area contributed by atoms with Gasteiger partial charge in [0, 0.05) is 16.4 Å². The summed E-state index contributed by atoms with van der Waals surface area (Å²) in [4.78, 5) is 11.7. The maximum Gasteiger partial charge on any atom is 0.324 e. The van der Waals surface area contributed by atoms with E-state index in [2.05, 4.69) is 33.8 Å². The minimum absolute atomic E-state index is 0.0215.